The number of hydrogen-bond donors (Lipinski definition) is 1. The second-order valence-corrected chi connectivity index (χ2v) is 7.43. The lowest BCUT2D eigenvalue weighted by atomic mass is 10.2. The fraction of sp³-hybridized carbons (Fsp3) is 0.455. The number of hydrogen-bond acceptors (Lipinski definition) is 4. The molecule has 1 aromatic carbocycles. The molecule has 0 aliphatic carbocycles. The van der Waals surface area contributed by atoms with Crippen molar-refractivity contribution in [1.82, 2.24) is 15.2 Å². The summed E-state index contributed by atoms with van der Waals surface area (Å²) < 4.78 is 0. The number of aromatic nitrogens is 1. The quantitative estimate of drug-likeness (QED) is 0.655. The zero-order valence-corrected chi connectivity index (χ0v) is 16.7. The van der Waals surface area contributed by atoms with Crippen LogP contribution in [0, 0.1) is 0 Å². The maximum atomic E-state index is 4.55. The van der Waals surface area contributed by atoms with Gasteiger partial charge in [0.25, 0.3) is 0 Å². The van der Waals surface area contributed by atoms with Crippen molar-refractivity contribution in [3.05, 3.63) is 54.2 Å². The van der Waals surface area contributed by atoms with Crippen molar-refractivity contribution in [2.75, 3.05) is 56.1 Å². The number of aliphatic imine (C=N–C) groups is 1. The molecule has 0 unspecified atom stereocenters. The Morgan fingerprint density at radius 1 is 0.964 bits per heavy atom. The highest BCUT2D eigenvalue weighted by Gasteiger charge is 2.20. The zero-order valence-electron chi connectivity index (χ0n) is 16.7. The van der Waals surface area contributed by atoms with Crippen LogP contribution in [0.5, 0.6) is 0 Å². The average molecular weight is 379 g/mol. The van der Waals surface area contributed by atoms with Gasteiger partial charge in [-0.15, -0.1) is 0 Å². The van der Waals surface area contributed by atoms with Gasteiger partial charge in [-0.2, -0.15) is 0 Å². The summed E-state index contributed by atoms with van der Waals surface area (Å²) in [4.78, 5) is 16.2. The fourth-order valence-electron chi connectivity index (χ4n) is 4.02. The number of para-hydroxylation sites is 1. The molecule has 2 aromatic rings. The highest BCUT2D eigenvalue weighted by atomic mass is 15.3. The minimum absolute atomic E-state index is 0.773. The summed E-state index contributed by atoms with van der Waals surface area (Å²) in [6.07, 6.45) is 4.46. The van der Waals surface area contributed by atoms with Crippen LogP contribution in [-0.2, 0) is 6.54 Å². The topological polar surface area (TPSA) is 47.0 Å². The van der Waals surface area contributed by atoms with Crippen molar-refractivity contribution < 1.29 is 0 Å². The van der Waals surface area contributed by atoms with Crippen molar-refractivity contribution in [2.45, 2.75) is 19.4 Å². The third-order valence-corrected chi connectivity index (χ3v) is 5.60. The SMILES string of the molecule is CN=C(NCc1ccnc(N2CCCC2)c1)N1CCN(c2ccccc2)CC1. The van der Waals surface area contributed by atoms with Crippen molar-refractivity contribution in [2.24, 2.45) is 4.99 Å². The predicted octanol–water partition coefficient (Wildman–Crippen LogP) is 2.58. The minimum atomic E-state index is 0.773. The van der Waals surface area contributed by atoms with E-state index in [4.69, 9.17) is 0 Å². The van der Waals surface area contributed by atoms with Gasteiger partial charge >= 0.3 is 0 Å². The molecule has 4 rings (SSSR count). The van der Waals surface area contributed by atoms with E-state index >= 15 is 0 Å². The van der Waals surface area contributed by atoms with Crippen LogP contribution >= 0.6 is 0 Å². The smallest absolute Gasteiger partial charge is 0.194 e. The fourth-order valence-corrected chi connectivity index (χ4v) is 4.02. The van der Waals surface area contributed by atoms with Crippen LogP contribution in [0.15, 0.2) is 53.7 Å². The van der Waals surface area contributed by atoms with Gasteiger partial charge in [-0.3, -0.25) is 4.99 Å². The third-order valence-electron chi connectivity index (χ3n) is 5.60. The zero-order chi connectivity index (χ0) is 19.2. The molecule has 148 valence electrons. The van der Waals surface area contributed by atoms with Gasteiger partial charge in [-0.1, -0.05) is 18.2 Å². The normalized spacial score (nSPS) is 17.9. The second-order valence-electron chi connectivity index (χ2n) is 7.43. The summed E-state index contributed by atoms with van der Waals surface area (Å²) in [5, 5.41) is 3.54. The van der Waals surface area contributed by atoms with Crippen molar-refractivity contribution in [1.29, 1.82) is 0 Å². The molecule has 6 heteroatoms. The molecule has 0 radical (unpaired) electrons. The van der Waals surface area contributed by atoms with E-state index in [1.165, 1.54) is 24.1 Å². The first-order chi connectivity index (χ1) is 13.8. The Kier molecular flexibility index (Phi) is 5.95. The van der Waals surface area contributed by atoms with Gasteiger partial charge in [0.2, 0.25) is 0 Å². The molecule has 2 saturated heterocycles. The van der Waals surface area contributed by atoms with Gasteiger partial charge in [-0.25, -0.2) is 4.98 Å². The molecule has 0 saturated carbocycles. The number of anilines is 2. The minimum Gasteiger partial charge on any atom is -0.368 e. The third kappa shape index (κ3) is 4.38. The molecule has 0 spiro atoms. The number of nitrogens with zero attached hydrogens (tertiary/aromatic N) is 5. The summed E-state index contributed by atoms with van der Waals surface area (Å²) >= 11 is 0. The number of pyridine rings is 1. The Morgan fingerprint density at radius 2 is 1.71 bits per heavy atom. The van der Waals surface area contributed by atoms with Crippen LogP contribution in [0.25, 0.3) is 0 Å². The molecule has 1 N–H and O–H groups in total. The van der Waals surface area contributed by atoms with Crippen molar-refractivity contribution in [3.63, 3.8) is 0 Å². The van der Waals surface area contributed by atoms with Crippen LogP contribution in [0.4, 0.5) is 11.5 Å². The number of rotatable bonds is 4. The summed E-state index contributed by atoms with van der Waals surface area (Å²) in [6.45, 7) is 7.00. The summed E-state index contributed by atoms with van der Waals surface area (Å²) in [5.41, 5.74) is 2.55. The number of nitrogens with one attached hydrogen (secondary N) is 1. The Bertz CT molecular complexity index is 777. The molecule has 2 fully saturated rings. The molecule has 2 aliphatic rings. The van der Waals surface area contributed by atoms with E-state index in [1.54, 1.807) is 0 Å². The second kappa shape index (κ2) is 8.95. The van der Waals surface area contributed by atoms with Crippen LogP contribution in [0.1, 0.15) is 18.4 Å². The standard InChI is InChI=1S/C22H30N6/c1-23-22(28-15-13-26(14-16-28)20-7-3-2-4-8-20)25-18-19-9-10-24-21(17-19)27-11-5-6-12-27/h2-4,7-10,17H,5-6,11-16,18H2,1H3,(H,23,25). The van der Waals surface area contributed by atoms with E-state index in [-0.39, 0.29) is 0 Å². The molecule has 0 amide bonds. The lowest BCUT2D eigenvalue weighted by molar-refractivity contribution is 0.372. The summed E-state index contributed by atoms with van der Waals surface area (Å²) in [6, 6.07) is 14.9. The molecular weight excluding hydrogens is 348 g/mol. The predicted molar refractivity (Wildman–Crippen MR) is 116 cm³/mol. The van der Waals surface area contributed by atoms with Gasteiger partial charge in [0.15, 0.2) is 5.96 Å². The number of piperazine rings is 1. The van der Waals surface area contributed by atoms with Crippen LogP contribution in [0.3, 0.4) is 0 Å². The van der Waals surface area contributed by atoms with Crippen molar-refractivity contribution in [3.8, 4) is 0 Å². The van der Waals surface area contributed by atoms with E-state index in [1.807, 2.05) is 13.2 Å². The number of benzene rings is 1. The van der Waals surface area contributed by atoms with Crippen molar-refractivity contribution >= 4 is 17.5 Å². The molecule has 0 bridgehead atoms. The first-order valence-electron chi connectivity index (χ1n) is 10.3. The molecule has 1 aromatic heterocycles. The molecule has 0 atom stereocenters. The van der Waals surface area contributed by atoms with Gasteiger partial charge in [-0.05, 0) is 42.7 Å². The largest absolute Gasteiger partial charge is 0.368 e. The Morgan fingerprint density at radius 3 is 2.43 bits per heavy atom. The van der Waals surface area contributed by atoms with Gasteiger partial charge in [0.05, 0.1) is 0 Å². The lowest BCUT2D eigenvalue weighted by Gasteiger charge is -2.37. The van der Waals surface area contributed by atoms with Crippen LogP contribution in [0.2, 0.25) is 0 Å². The Labute approximate surface area is 167 Å². The molecule has 2 aliphatic heterocycles. The molecule has 28 heavy (non-hydrogen) atoms. The molecule has 6 nitrogen and oxygen atoms in total. The van der Waals surface area contributed by atoms with Crippen LogP contribution in [-0.4, -0.2) is 62.2 Å². The molecular formula is C22H30N6. The van der Waals surface area contributed by atoms with E-state index in [9.17, 15) is 0 Å². The van der Waals surface area contributed by atoms with Gasteiger partial charge in [0, 0.05) is 64.7 Å². The monoisotopic (exact) mass is 378 g/mol. The lowest BCUT2D eigenvalue weighted by Crippen LogP contribution is -2.52. The number of guanidine groups is 1. The van der Waals surface area contributed by atoms with E-state index in [0.29, 0.717) is 0 Å². The summed E-state index contributed by atoms with van der Waals surface area (Å²) in [7, 11) is 1.87. The van der Waals surface area contributed by atoms with Crippen LogP contribution < -0.4 is 15.1 Å². The van der Waals surface area contributed by atoms with E-state index < -0.39 is 0 Å². The van der Waals surface area contributed by atoms with E-state index in [2.05, 4.69) is 72.5 Å². The summed E-state index contributed by atoms with van der Waals surface area (Å²) in [5.74, 6) is 2.08. The van der Waals surface area contributed by atoms with E-state index in [0.717, 1.165) is 57.6 Å². The maximum Gasteiger partial charge on any atom is 0.194 e. The first-order valence-corrected chi connectivity index (χ1v) is 10.3. The highest BCUT2D eigenvalue weighted by molar-refractivity contribution is 5.80. The maximum absolute atomic E-state index is 4.55. The first kappa shape index (κ1) is 18.6. The average Bonchev–Trinajstić information content (AvgIpc) is 3.31. The highest BCUT2D eigenvalue weighted by Crippen LogP contribution is 2.19. The van der Waals surface area contributed by atoms with Gasteiger partial charge in [0.1, 0.15) is 5.82 Å². The van der Waals surface area contributed by atoms with Gasteiger partial charge < -0.3 is 20.0 Å². The Balaban J connectivity index is 1.31. The Hall–Kier alpha value is -2.76. The molecule has 3 heterocycles.